The Kier molecular flexibility index (Phi) is 9.44. The van der Waals surface area contributed by atoms with Crippen molar-refractivity contribution in [2.24, 2.45) is 0 Å². The van der Waals surface area contributed by atoms with Crippen LogP contribution in [0.15, 0.2) is 182 Å². The van der Waals surface area contributed by atoms with Crippen LogP contribution >= 0.6 is 0 Å². The number of nitrogens with zero attached hydrogens (tertiary/aromatic N) is 1. The van der Waals surface area contributed by atoms with E-state index in [4.69, 9.17) is 0 Å². The maximum atomic E-state index is 2.61. The van der Waals surface area contributed by atoms with Gasteiger partial charge in [-0.15, -0.1) is 0 Å². The molecule has 0 amide bonds. The van der Waals surface area contributed by atoms with Crippen molar-refractivity contribution in [1.82, 2.24) is 0 Å². The maximum Gasteiger partial charge on any atom is 0.0450 e. The van der Waals surface area contributed by atoms with Crippen molar-refractivity contribution in [2.45, 2.75) is 38.1 Å². The van der Waals surface area contributed by atoms with Gasteiger partial charge in [0.05, 0.1) is 0 Å². The van der Waals surface area contributed by atoms with Crippen molar-refractivity contribution >= 4 is 34.7 Å². The van der Waals surface area contributed by atoms with Gasteiger partial charge >= 0.3 is 0 Å². The zero-order chi connectivity index (χ0) is 34.4. The molecule has 8 rings (SSSR count). The van der Waals surface area contributed by atoms with Crippen LogP contribution in [0.4, 0.5) is 11.4 Å². The van der Waals surface area contributed by atoms with Crippen LogP contribution in [0.2, 0.25) is 0 Å². The van der Waals surface area contributed by atoms with E-state index in [1.807, 2.05) is 0 Å². The van der Waals surface area contributed by atoms with E-state index >= 15 is 0 Å². The Bertz CT molecular complexity index is 2160. The highest BCUT2D eigenvalue weighted by Crippen LogP contribution is 2.52. The topological polar surface area (TPSA) is 3.24 Å². The minimum atomic E-state index is 0.522. The molecule has 248 valence electrons. The molecule has 0 aromatic heterocycles. The fourth-order valence-corrected chi connectivity index (χ4v) is 7.88. The first-order chi connectivity index (χ1) is 25.2. The first kappa shape index (κ1) is 32.3. The van der Waals surface area contributed by atoms with E-state index in [1.54, 1.807) is 0 Å². The third-order valence-electron chi connectivity index (χ3n) is 10.4. The van der Waals surface area contributed by atoms with E-state index in [2.05, 4.69) is 206 Å². The maximum absolute atomic E-state index is 2.61. The second kappa shape index (κ2) is 14.9. The number of allylic oxidation sites excluding steroid dienone is 4. The number of benzene rings is 6. The van der Waals surface area contributed by atoms with Crippen LogP contribution in [-0.4, -0.2) is 6.04 Å². The minimum Gasteiger partial charge on any atom is -0.338 e. The lowest BCUT2D eigenvalue weighted by atomic mass is 9.95. The summed E-state index contributed by atoms with van der Waals surface area (Å²) in [6, 6.07) is 57.5. The summed E-state index contributed by atoms with van der Waals surface area (Å²) < 4.78 is 0. The van der Waals surface area contributed by atoms with Gasteiger partial charge in [-0.25, -0.2) is 0 Å². The van der Waals surface area contributed by atoms with E-state index in [1.165, 1.54) is 86.3 Å². The van der Waals surface area contributed by atoms with Crippen molar-refractivity contribution < 1.29 is 0 Å². The molecular weight excluding hydrogens is 615 g/mol. The molecule has 6 aromatic carbocycles. The van der Waals surface area contributed by atoms with Crippen LogP contribution in [0.1, 0.15) is 69.7 Å². The first-order valence-corrected chi connectivity index (χ1v) is 18.2. The summed E-state index contributed by atoms with van der Waals surface area (Å²) in [6.07, 6.45) is 17.1. The van der Waals surface area contributed by atoms with Gasteiger partial charge in [-0.3, -0.25) is 0 Å². The molecule has 2 atom stereocenters. The molecule has 1 aliphatic carbocycles. The van der Waals surface area contributed by atoms with Crippen LogP contribution in [-0.2, 0) is 0 Å². The summed E-state index contributed by atoms with van der Waals surface area (Å²) in [5, 5.41) is 0. The monoisotopic (exact) mass is 657 g/mol. The van der Waals surface area contributed by atoms with E-state index in [0.29, 0.717) is 12.0 Å². The van der Waals surface area contributed by atoms with Crippen LogP contribution in [0.5, 0.6) is 0 Å². The molecule has 1 heteroatoms. The Labute approximate surface area is 303 Å². The Balaban J connectivity index is 1.03. The van der Waals surface area contributed by atoms with Crippen molar-refractivity contribution in [3.8, 4) is 0 Å². The van der Waals surface area contributed by atoms with Gasteiger partial charge in [-0.2, -0.15) is 0 Å². The molecule has 0 bridgehead atoms. The Morgan fingerprint density at radius 2 is 1.04 bits per heavy atom. The van der Waals surface area contributed by atoms with Gasteiger partial charge in [0.15, 0.2) is 0 Å². The van der Waals surface area contributed by atoms with Gasteiger partial charge in [-0.05, 0) is 94.1 Å². The van der Waals surface area contributed by atoms with Crippen molar-refractivity contribution in [3.63, 3.8) is 0 Å². The average Bonchev–Trinajstić information content (AvgIpc) is 3.78. The molecule has 0 N–H and O–H groups in total. The average molecular weight is 658 g/mol. The van der Waals surface area contributed by atoms with E-state index in [9.17, 15) is 0 Å². The number of hydrogen-bond donors (Lipinski definition) is 0. The normalized spacial score (nSPS) is 16.8. The van der Waals surface area contributed by atoms with E-state index in [-0.39, 0.29) is 0 Å². The van der Waals surface area contributed by atoms with Crippen LogP contribution in [0, 0.1) is 6.92 Å². The first-order valence-electron chi connectivity index (χ1n) is 18.2. The molecule has 1 aliphatic heterocycles. The van der Waals surface area contributed by atoms with E-state index < -0.39 is 0 Å². The number of anilines is 2. The molecule has 1 saturated carbocycles. The largest absolute Gasteiger partial charge is 0.338 e. The van der Waals surface area contributed by atoms with Crippen LogP contribution in [0.3, 0.4) is 0 Å². The van der Waals surface area contributed by atoms with Gasteiger partial charge in [0.1, 0.15) is 0 Å². The van der Waals surface area contributed by atoms with Gasteiger partial charge in [-0.1, -0.05) is 182 Å². The third kappa shape index (κ3) is 7.07. The summed E-state index contributed by atoms with van der Waals surface area (Å²) in [5.74, 6) is 0.579. The standard InChI is InChI=1S/C50H43N/c1-37-26-31-43(32-27-37)46(42-20-9-4-10-21-42)23-12-15-39-30-35-50-48(36-39)47-24-13-25-49(47)51(50)44-33-28-38(29-34-44)14-11-22-45(40-16-5-2-6-17-40)41-18-7-3-8-19-41/h2-12,14-23,26-36,47,49H,13,24-25H2,1H3/b14-11+,15-12+,46-23+. The summed E-state index contributed by atoms with van der Waals surface area (Å²) in [5.41, 5.74) is 15.2. The van der Waals surface area contributed by atoms with Gasteiger partial charge < -0.3 is 4.90 Å². The number of hydrogen-bond acceptors (Lipinski definition) is 1. The highest BCUT2D eigenvalue weighted by atomic mass is 15.2. The molecule has 1 nitrogen and oxygen atoms in total. The zero-order valence-corrected chi connectivity index (χ0v) is 29.2. The van der Waals surface area contributed by atoms with E-state index in [0.717, 1.165) is 0 Å². The zero-order valence-electron chi connectivity index (χ0n) is 29.2. The molecule has 2 unspecified atom stereocenters. The molecule has 6 aromatic rings. The second-order valence-corrected chi connectivity index (χ2v) is 13.7. The highest BCUT2D eigenvalue weighted by molar-refractivity contribution is 5.83. The predicted octanol–water partition coefficient (Wildman–Crippen LogP) is 13.1. The predicted molar refractivity (Wildman–Crippen MR) is 218 cm³/mol. The number of fused-ring (bicyclic) bond motifs is 3. The lowest BCUT2D eigenvalue weighted by molar-refractivity contribution is 0.642. The summed E-state index contributed by atoms with van der Waals surface area (Å²) >= 11 is 0. The Morgan fingerprint density at radius 1 is 0.529 bits per heavy atom. The molecule has 0 radical (unpaired) electrons. The number of aryl methyl sites for hydroxylation is 1. The molecule has 51 heavy (non-hydrogen) atoms. The highest BCUT2D eigenvalue weighted by Gasteiger charge is 2.42. The quantitative estimate of drug-likeness (QED) is 0.140. The molecule has 1 fully saturated rings. The summed E-state index contributed by atoms with van der Waals surface area (Å²) in [6.45, 7) is 2.14. The fourth-order valence-electron chi connectivity index (χ4n) is 7.88. The van der Waals surface area contributed by atoms with Crippen molar-refractivity contribution in [1.29, 1.82) is 0 Å². The smallest absolute Gasteiger partial charge is 0.0450 e. The summed E-state index contributed by atoms with van der Waals surface area (Å²) in [7, 11) is 0. The van der Waals surface area contributed by atoms with Gasteiger partial charge in [0.25, 0.3) is 0 Å². The fraction of sp³-hybridized carbons (Fsp3) is 0.120. The van der Waals surface area contributed by atoms with Crippen LogP contribution in [0.25, 0.3) is 23.3 Å². The summed E-state index contributed by atoms with van der Waals surface area (Å²) in [4.78, 5) is 2.61. The molecule has 2 aliphatic rings. The van der Waals surface area contributed by atoms with Crippen molar-refractivity contribution in [2.75, 3.05) is 4.90 Å². The molecule has 0 saturated heterocycles. The molecule has 0 spiro atoms. The van der Waals surface area contributed by atoms with Crippen molar-refractivity contribution in [3.05, 3.63) is 227 Å². The van der Waals surface area contributed by atoms with Gasteiger partial charge in [0, 0.05) is 23.3 Å². The molecule has 1 heterocycles. The van der Waals surface area contributed by atoms with Gasteiger partial charge in [0.2, 0.25) is 0 Å². The number of rotatable bonds is 9. The minimum absolute atomic E-state index is 0.522. The Morgan fingerprint density at radius 3 is 1.61 bits per heavy atom. The Hall–Kier alpha value is -5.92. The SMILES string of the molecule is Cc1ccc(/C(=C/C=C/c2ccc3c(c2)C2CCCC2N3c2ccc(/C=C/C=C(c3ccccc3)c3ccccc3)cc2)c2ccccc2)cc1. The third-order valence-corrected chi connectivity index (χ3v) is 10.4. The lowest BCUT2D eigenvalue weighted by Gasteiger charge is -2.27. The second-order valence-electron chi connectivity index (χ2n) is 13.7. The molecular formula is C50H43N. The lowest BCUT2D eigenvalue weighted by Crippen LogP contribution is -2.26. The van der Waals surface area contributed by atoms with Crippen LogP contribution < -0.4 is 4.90 Å².